The summed E-state index contributed by atoms with van der Waals surface area (Å²) in [5.74, 6) is -3.17. The van der Waals surface area contributed by atoms with Crippen LogP contribution in [0.3, 0.4) is 0 Å². The highest BCUT2D eigenvalue weighted by Crippen LogP contribution is 2.49. The van der Waals surface area contributed by atoms with Crippen LogP contribution in [0.2, 0.25) is 0 Å². The molecule has 4 nitrogen and oxygen atoms in total. The van der Waals surface area contributed by atoms with Crippen LogP contribution >= 0.6 is 0 Å². The molecule has 2 aromatic rings. The average molecular weight is 432 g/mol. The van der Waals surface area contributed by atoms with Crippen molar-refractivity contribution in [3.63, 3.8) is 0 Å². The molecule has 1 aliphatic heterocycles. The number of halogens is 4. The minimum absolute atomic E-state index is 0.0286. The number of allylic oxidation sites excluding steroid dienone is 1. The number of fused-ring (bicyclic) bond motifs is 1. The summed E-state index contributed by atoms with van der Waals surface area (Å²) in [5, 5.41) is 3.10. The summed E-state index contributed by atoms with van der Waals surface area (Å²) in [6, 6.07) is 9.65. The van der Waals surface area contributed by atoms with E-state index in [1.165, 1.54) is 24.3 Å². The number of carbonyl (C=O) groups excluding carboxylic acids is 2. The first-order valence-corrected chi connectivity index (χ1v) is 9.76. The van der Waals surface area contributed by atoms with Gasteiger partial charge in [0.2, 0.25) is 0 Å². The van der Waals surface area contributed by atoms with Crippen LogP contribution in [0.5, 0.6) is 0 Å². The first kappa shape index (κ1) is 21.1. The van der Waals surface area contributed by atoms with Gasteiger partial charge in [0.15, 0.2) is 5.78 Å². The molecule has 0 fully saturated rings. The fourth-order valence-corrected chi connectivity index (χ4v) is 4.34. The van der Waals surface area contributed by atoms with Gasteiger partial charge >= 0.3 is 12.1 Å². The maximum atomic E-state index is 14.1. The van der Waals surface area contributed by atoms with Gasteiger partial charge in [-0.25, -0.2) is 4.39 Å². The lowest BCUT2D eigenvalue weighted by Crippen LogP contribution is -2.45. The Kier molecular flexibility index (Phi) is 4.91. The minimum atomic E-state index is -5.19. The quantitative estimate of drug-likeness (QED) is 0.603. The van der Waals surface area contributed by atoms with Gasteiger partial charge in [0.25, 0.3) is 0 Å². The lowest BCUT2D eigenvalue weighted by atomic mass is 9.73. The summed E-state index contributed by atoms with van der Waals surface area (Å²) < 4.78 is 55.1. The Morgan fingerprint density at radius 1 is 1.10 bits per heavy atom. The second-order valence-electron chi connectivity index (χ2n) is 8.61. The van der Waals surface area contributed by atoms with Crippen LogP contribution in [0.25, 0.3) is 0 Å². The molecule has 1 unspecified atom stereocenters. The summed E-state index contributed by atoms with van der Waals surface area (Å²) in [5.41, 5.74) is 0.417. The maximum absolute atomic E-state index is 14.1. The number of amides is 1. The average Bonchev–Trinajstić information content (AvgIpc) is 2.79. The molecule has 4 rings (SSSR count). The van der Waals surface area contributed by atoms with Crippen LogP contribution in [0.1, 0.15) is 38.3 Å². The topological polar surface area (TPSA) is 49.4 Å². The van der Waals surface area contributed by atoms with Gasteiger partial charge in [0.05, 0.1) is 17.4 Å². The molecule has 0 spiro atoms. The number of nitrogens with zero attached hydrogens (tertiary/aromatic N) is 1. The zero-order valence-electron chi connectivity index (χ0n) is 16.9. The molecule has 1 N–H and O–H groups in total. The lowest BCUT2D eigenvalue weighted by molar-refractivity contribution is -0.170. The second-order valence-corrected chi connectivity index (χ2v) is 8.61. The zero-order chi connectivity index (χ0) is 22.6. The summed E-state index contributed by atoms with van der Waals surface area (Å²) in [6.45, 7) is 3.78. The van der Waals surface area contributed by atoms with E-state index in [1.54, 1.807) is 12.1 Å². The molecule has 162 valence electrons. The largest absolute Gasteiger partial charge is 0.471 e. The van der Waals surface area contributed by atoms with Gasteiger partial charge in [0, 0.05) is 17.7 Å². The fourth-order valence-electron chi connectivity index (χ4n) is 4.34. The van der Waals surface area contributed by atoms with E-state index in [0.29, 0.717) is 17.0 Å². The molecule has 0 radical (unpaired) electrons. The predicted octanol–water partition coefficient (Wildman–Crippen LogP) is 5.53. The zero-order valence-corrected chi connectivity index (χ0v) is 16.9. The third kappa shape index (κ3) is 3.82. The van der Waals surface area contributed by atoms with Crippen molar-refractivity contribution >= 4 is 23.1 Å². The Morgan fingerprint density at radius 2 is 1.81 bits per heavy atom. The summed E-state index contributed by atoms with van der Waals surface area (Å²) in [6.07, 6.45) is -4.70. The number of hydrogen-bond donors (Lipinski definition) is 1. The molecule has 31 heavy (non-hydrogen) atoms. The first-order chi connectivity index (χ1) is 14.5. The standard InChI is InChI=1S/C23H20F4N2O2/c1-22(2)11-16-19(18(30)12-22)20(13-6-5-7-14(24)10-13)29(21(31)23(25,26)27)17-9-4-3-8-15(17)28-16/h3-10,20,28H,11-12H2,1-2H3. The minimum Gasteiger partial charge on any atom is -0.357 e. The third-order valence-electron chi connectivity index (χ3n) is 5.53. The van der Waals surface area contributed by atoms with E-state index in [0.717, 1.165) is 12.1 Å². The fraction of sp³-hybridized carbons (Fsp3) is 0.304. The molecule has 2 aliphatic rings. The van der Waals surface area contributed by atoms with E-state index in [4.69, 9.17) is 0 Å². The van der Waals surface area contributed by atoms with Gasteiger partial charge in [-0.2, -0.15) is 13.2 Å². The van der Waals surface area contributed by atoms with Crippen molar-refractivity contribution in [2.24, 2.45) is 5.41 Å². The normalized spacial score (nSPS) is 20.5. The Balaban J connectivity index is 2.05. The molecule has 1 atom stereocenters. The van der Waals surface area contributed by atoms with E-state index >= 15 is 0 Å². The molecule has 1 aliphatic carbocycles. The SMILES string of the molecule is CC1(C)CC(=O)C2=C(C1)Nc1ccccc1N(C(=O)C(F)(F)F)C2c1cccc(F)c1. The second kappa shape index (κ2) is 7.21. The molecule has 0 saturated carbocycles. The van der Waals surface area contributed by atoms with Crippen LogP contribution in [0.15, 0.2) is 59.8 Å². The van der Waals surface area contributed by atoms with E-state index in [2.05, 4.69) is 5.32 Å². The third-order valence-corrected chi connectivity index (χ3v) is 5.53. The first-order valence-electron chi connectivity index (χ1n) is 9.76. The Bertz CT molecular complexity index is 1100. The van der Waals surface area contributed by atoms with Gasteiger partial charge in [-0.15, -0.1) is 0 Å². The molecule has 2 aromatic carbocycles. The van der Waals surface area contributed by atoms with Crippen LogP contribution < -0.4 is 10.2 Å². The number of para-hydroxylation sites is 2. The molecule has 8 heteroatoms. The van der Waals surface area contributed by atoms with Crippen molar-refractivity contribution in [3.8, 4) is 0 Å². The van der Waals surface area contributed by atoms with Gasteiger partial charge in [-0.1, -0.05) is 38.1 Å². The summed E-state index contributed by atoms with van der Waals surface area (Å²) in [7, 11) is 0. The highest BCUT2D eigenvalue weighted by Gasteiger charge is 2.50. The van der Waals surface area contributed by atoms with E-state index < -0.39 is 29.4 Å². The van der Waals surface area contributed by atoms with Crippen LogP contribution in [0, 0.1) is 11.2 Å². The van der Waals surface area contributed by atoms with Gasteiger partial charge in [0.1, 0.15) is 5.82 Å². The van der Waals surface area contributed by atoms with Crippen molar-refractivity contribution in [1.82, 2.24) is 0 Å². The van der Waals surface area contributed by atoms with Gasteiger partial charge in [-0.05, 0) is 41.7 Å². The van der Waals surface area contributed by atoms with Crippen LogP contribution in [0.4, 0.5) is 28.9 Å². The number of hydrogen-bond acceptors (Lipinski definition) is 3. The number of nitrogens with one attached hydrogen (secondary N) is 1. The molecule has 0 bridgehead atoms. The molecule has 1 heterocycles. The maximum Gasteiger partial charge on any atom is 0.471 e. The van der Waals surface area contributed by atoms with Crippen molar-refractivity contribution in [3.05, 3.63) is 71.2 Å². The van der Waals surface area contributed by atoms with Gasteiger partial charge < -0.3 is 5.32 Å². The number of alkyl halides is 3. The Morgan fingerprint density at radius 3 is 2.48 bits per heavy atom. The van der Waals surface area contributed by atoms with Crippen LogP contribution in [-0.4, -0.2) is 17.9 Å². The van der Waals surface area contributed by atoms with Crippen molar-refractivity contribution < 1.29 is 27.2 Å². The predicted molar refractivity (Wildman–Crippen MR) is 108 cm³/mol. The molecule has 0 saturated heterocycles. The van der Waals surface area contributed by atoms with Crippen LogP contribution in [-0.2, 0) is 9.59 Å². The molecular formula is C23H20F4N2O2. The Hall–Kier alpha value is -3.16. The van der Waals surface area contributed by atoms with Crippen molar-refractivity contribution in [2.75, 3.05) is 10.2 Å². The number of Topliss-reactive ketones (excluding diaryl/α,β-unsaturated/α-hetero) is 1. The lowest BCUT2D eigenvalue weighted by Gasteiger charge is -2.37. The van der Waals surface area contributed by atoms with E-state index in [1.807, 2.05) is 13.8 Å². The molecule has 0 aromatic heterocycles. The van der Waals surface area contributed by atoms with Crippen molar-refractivity contribution in [2.45, 2.75) is 38.9 Å². The van der Waals surface area contributed by atoms with Gasteiger partial charge in [-0.3, -0.25) is 14.5 Å². The number of rotatable bonds is 1. The highest BCUT2D eigenvalue weighted by atomic mass is 19.4. The smallest absolute Gasteiger partial charge is 0.357 e. The number of benzene rings is 2. The summed E-state index contributed by atoms with van der Waals surface area (Å²) >= 11 is 0. The van der Waals surface area contributed by atoms with E-state index in [-0.39, 0.29) is 34.7 Å². The number of ketones is 1. The Labute approximate surface area is 176 Å². The monoisotopic (exact) mass is 432 g/mol. The van der Waals surface area contributed by atoms with Crippen molar-refractivity contribution in [1.29, 1.82) is 0 Å². The highest BCUT2D eigenvalue weighted by molar-refractivity contribution is 6.07. The molecule has 1 amide bonds. The number of anilines is 2. The van der Waals surface area contributed by atoms with E-state index in [9.17, 15) is 27.2 Å². The number of carbonyl (C=O) groups is 2. The molecular weight excluding hydrogens is 412 g/mol. The summed E-state index contributed by atoms with van der Waals surface area (Å²) in [4.78, 5) is 26.4.